The van der Waals surface area contributed by atoms with Gasteiger partial charge in [-0.15, -0.1) is 0 Å². The Morgan fingerprint density at radius 1 is 1.29 bits per heavy atom. The quantitative estimate of drug-likeness (QED) is 0.841. The molecule has 1 atom stereocenters. The Kier molecular flexibility index (Phi) is 2.88. The number of hydrogen-bond acceptors (Lipinski definition) is 4. The third-order valence-electron chi connectivity index (χ3n) is 3.14. The Hall–Kier alpha value is -1.68. The fourth-order valence-corrected chi connectivity index (χ4v) is 2.20. The highest BCUT2D eigenvalue weighted by Gasteiger charge is 2.13. The largest absolute Gasteiger partial charge is 0.367 e. The summed E-state index contributed by atoms with van der Waals surface area (Å²) in [6, 6.07) is 8.50. The molecule has 2 heterocycles. The van der Waals surface area contributed by atoms with E-state index in [4.69, 9.17) is 0 Å². The fraction of sp³-hybridized carbons (Fsp3) is 0.385. The van der Waals surface area contributed by atoms with Crippen LogP contribution in [0, 0.1) is 0 Å². The fourth-order valence-electron chi connectivity index (χ4n) is 2.20. The van der Waals surface area contributed by atoms with Crippen molar-refractivity contribution in [3.05, 3.63) is 30.5 Å². The lowest BCUT2D eigenvalue weighted by Gasteiger charge is -2.11. The normalized spacial score (nSPS) is 19.6. The number of anilines is 1. The summed E-state index contributed by atoms with van der Waals surface area (Å²) in [5, 5.41) is 6.80. The van der Waals surface area contributed by atoms with Crippen LogP contribution in [0.4, 0.5) is 5.82 Å². The van der Waals surface area contributed by atoms with Gasteiger partial charge in [0.15, 0.2) is 0 Å². The highest BCUT2D eigenvalue weighted by molar-refractivity contribution is 5.75. The third-order valence-corrected chi connectivity index (χ3v) is 3.14. The van der Waals surface area contributed by atoms with Crippen molar-refractivity contribution in [1.29, 1.82) is 0 Å². The summed E-state index contributed by atoms with van der Waals surface area (Å²) in [6.45, 7) is 2.06. The highest BCUT2D eigenvalue weighted by Crippen LogP contribution is 2.12. The Labute approximate surface area is 100 Å². The Morgan fingerprint density at radius 3 is 3.00 bits per heavy atom. The maximum atomic E-state index is 4.53. The number of fused-ring (bicyclic) bond motifs is 1. The van der Waals surface area contributed by atoms with E-state index in [0.29, 0.717) is 6.04 Å². The summed E-state index contributed by atoms with van der Waals surface area (Å²) in [6.07, 6.45) is 4.32. The zero-order valence-corrected chi connectivity index (χ0v) is 9.69. The number of para-hydroxylation sites is 2. The van der Waals surface area contributed by atoms with E-state index >= 15 is 0 Å². The van der Waals surface area contributed by atoms with Crippen molar-refractivity contribution in [1.82, 2.24) is 15.3 Å². The molecule has 4 nitrogen and oxygen atoms in total. The first kappa shape index (κ1) is 10.5. The van der Waals surface area contributed by atoms with Gasteiger partial charge in [-0.2, -0.15) is 0 Å². The van der Waals surface area contributed by atoms with Crippen molar-refractivity contribution in [2.24, 2.45) is 0 Å². The lowest BCUT2D eigenvalue weighted by molar-refractivity contribution is 0.632. The third kappa shape index (κ3) is 2.36. The lowest BCUT2D eigenvalue weighted by atomic mass is 10.2. The molecule has 88 valence electrons. The summed E-state index contributed by atoms with van der Waals surface area (Å²) < 4.78 is 0. The van der Waals surface area contributed by atoms with E-state index < -0.39 is 0 Å². The van der Waals surface area contributed by atoms with Crippen LogP contribution >= 0.6 is 0 Å². The standard InChI is InChI=1S/C13H16N4/c1-2-6-12-11(5-1)15-9-13(17-12)16-8-10-4-3-7-14-10/h1-2,5-6,9-10,14H,3-4,7-8H2,(H,16,17). The van der Waals surface area contributed by atoms with Crippen molar-refractivity contribution < 1.29 is 0 Å². The monoisotopic (exact) mass is 228 g/mol. The molecule has 2 aromatic rings. The molecule has 1 unspecified atom stereocenters. The number of benzene rings is 1. The van der Waals surface area contributed by atoms with Crippen LogP contribution in [0.3, 0.4) is 0 Å². The van der Waals surface area contributed by atoms with E-state index in [2.05, 4.69) is 20.6 Å². The number of nitrogens with zero attached hydrogens (tertiary/aromatic N) is 2. The highest BCUT2D eigenvalue weighted by atomic mass is 15.1. The van der Waals surface area contributed by atoms with E-state index in [1.807, 2.05) is 24.3 Å². The van der Waals surface area contributed by atoms with Gasteiger partial charge in [-0.3, -0.25) is 4.98 Å². The molecule has 0 aliphatic carbocycles. The number of aromatic nitrogens is 2. The maximum Gasteiger partial charge on any atom is 0.145 e. The molecule has 2 N–H and O–H groups in total. The smallest absolute Gasteiger partial charge is 0.145 e. The molecule has 1 fully saturated rings. The zero-order valence-electron chi connectivity index (χ0n) is 9.69. The van der Waals surface area contributed by atoms with Gasteiger partial charge in [0.1, 0.15) is 5.82 Å². The Morgan fingerprint density at radius 2 is 2.18 bits per heavy atom. The number of rotatable bonds is 3. The molecule has 1 aromatic heterocycles. The summed E-state index contributed by atoms with van der Waals surface area (Å²) >= 11 is 0. The van der Waals surface area contributed by atoms with Gasteiger partial charge in [0, 0.05) is 12.6 Å². The van der Waals surface area contributed by atoms with Crippen LogP contribution < -0.4 is 10.6 Å². The molecule has 1 aromatic carbocycles. The second kappa shape index (κ2) is 4.67. The van der Waals surface area contributed by atoms with E-state index in [1.54, 1.807) is 6.20 Å². The molecular weight excluding hydrogens is 212 g/mol. The van der Waals surface area contributed by atoms with E-state index in [9.17, 15) is 0 Å². The van der Waals surface area contributed by atoms with Gasteiger partial charge < -0.3 is 10.6 Å². The van der Waals surface area contributed by atoms with Gasteiger partial charge in [0.05, 0.1) is 17.2 Å². The van der Waals surface area contributed by atoms with Gasteiger partial charge in [-0.25, -0.2) is 4.98 Å². The summed E-state index contributed by atoms with van der Waals surface area (Å²) in [4.78, 5) is 8.92. The molecule has 0 radical (unpaired) electrons. The minimum Gasteiger partial charge on any atom is -0.367 e. The molecule has 0 saturated carbocycles. The molecule has 0 amide bonds. The van der Waals surface area contributed by atoms with Crippen molar-refractivity contribution >= 4 is 16.9 Å². The average Bonchev–Trinajstić information content (AvgIpc) is 2.89. The average molecular weight is 228 g/mol. The van der Waals surface area contributed by atoms with Gasteiger partial charge in [0.2, 0.25) is 0 Å². The first-order chi connectivity index (χ1) is 8.42. The minimum absolute atomic E-state index is 0.572. The van der Waals surface area contributed by atoms with Crippen LogP contribution in [0.15, 0.2) is 30.5 Å². The molecule has 3 rings (SSSR count). The predicted octanol–water partition coefficient (Wildman–Crippen LogP) is 1.79. The molecule has 1 saturated heterocycles. The van der Waals surface area contributed by atoms with Crippen LogP contribution in [0.1, 0.15) is 12.8 Å². The van der Waals surface area contributed by atoms with E-state index in [1.165, 1.54) is 12.8 Å². The molecule has 0 bridgehead atoms. The summed E-state index contributed by atoms with van der Waals surface area (Å²) in [5.41, 5.74) is 1.88. The first-order valence-corrected chi connectivity index (χ1v) is 6.11. The Bertz CT molecular complexity index is 506. The van der Waals surface area contributed by atoms with E-state index in [0.717, 1.165) is 29.9 Å². The second-order valence-corrected chi connectivity index (χ2v) is 4.42. The van der Waals surface area contributed by atoms with Crippen LogP contribution in [-0.2, 0) is 0 Å². The molecular formula is C13H16N4. The molecule has 17 heavy (non-hydrogen) atoms. The van der Waals surface area contributed by atoms with Crippen molar-refractivity contribution in [2.75, 3.05) is 18.4 Å². The molecule has 1 aliphatic rings. The molecule has 4 heteroatoms. The summed E-state index contributed by atoms with van der Waals surface area (Å²) in [5.74, 6) is 0.859. The Balaban J connectivity index is 1.72. The SMILES string of the molecule is c1ccc2nc(NCC3CCCN3)cnc2c1. The van der Waals surface area contributed by atoms with Crippen LogP contribution in [-0.4, -0.2) is 29.1 Å². The minimum atomic E-state index is 0.572. The molecule has 0 spiro atoms. The second-order valence-electron chi connectivity index (χ2n) is 4.42. The van der Waals surface area contributed by atoms with Crippen molar-refractivity contribution in [3.8, 4) is 0 Å². The maximum absolute atomic E-state index is 4.53. The van der Waals surface area contributed by atoms with Crippen molar-refractivity contribution in [3.63, 3.8) is 0 Å². The number of nitrogens with one attached hydrogen (secondary N) is 2. The van der Waals surface area contributed by atoms with Crippen LogP contribution in [0.25, 0.3) is 11.0 Å². The topological polar surface area (TPSA) is 49.8 Å². The van der Waals surface area contributed by atoms with Gasteiger partial charge >= 0.3 is 0 Å². The van der Waals surface area contributed by atoms with Gasteiger partial charge in [-0.05, 0) is 31.5 Å². The van der Waals surface area contributed by atoms with Gasteiger partial charge in [-0.1, -0.05) is 12.1 Å². The summed E-state index contributed by atoms with van der Waals surface area (Å²) in [7, 11) is 0. The van der Waals surface area contributed by atoms with Gasteiger partial charge in [0.25, 0.3) is 0 Å². The van der Waals surface area contributed by atoms with E-state index in [-0.39, 0.29) is 0 Å². The lowest BCUT2D eigenvalue weighted by Crippen LogP contribution is -2.29. The van der Waals surface area contributed by atoms with Crippen LogP contribution in [0.2, 0.25) is 0 Å². The van der Waals surface area contributed by atoms with Crippen molar-refractivity contribution in [2.45, 2.75) is 18.9 Å². The van der Waals surface area contributed by atoms with Crippen LogP contribution in [0.5, 0.6) is 0 Å². The molecule has 1 aliphatic heterocycles. The zero-order chi connectivity index (χ0) is 11.5. The first-order valence-electron chi connectivity index (χ1n) is 6.11. The number of hydrogen-bond donors (Lipinski definition) is 2. The predicted molar refractivity (Wildman–Crippen MR) is 69.1 cm³/mol.